The number of carbonyl (C=O) groups is 1. The first kappa shape index (κ1) is 13.5. The topological polar surface area (TPSA) is 49.6 Å². The summed E-state index contributed by atoms with van der Waals surface area (Å²) in [7, 11) is 0. The van der Waals surface area contributed by atoms with E-state index in [-0.39, 0.29) is 18.6 Å². The van der Waals surface area contributed by atoms with Gasteiger partial charge >= 0.3 is 0 Å². The van der Waals surface area contributed by atoms with Crippen LogP contribution in [0.5, 0.6) is 0 Å². The van der Waals surface area contributed by atoms with Gasteiger partial charge < -0.3 is 9.64 Å². The second kappa shape index (κ2) is 6.27. The summed E-state index contributed by atoms with van der Waals surface area (Å²) in [6, 6.07) is 0.148. The van der Waals surface area contributed by atoms with E-state index < -0.39 is 0 Å². The highest BCUT2D eigenvalue weighted by Crippen LogP contribution is 2.22. The molecule has 0 aromatic carbocycles. The van der Waals surface area contributed by atoms with Crippen LogP contribution in [0.1, 0.15) is 32.6 Å². The van der Waals surface area contributed by atoms with Crippen molar-refractivity contribution in [2.75, 3.05) is 32.8 Å². The minimum absolute atomic E-state index is 0.0797. The van der Waals surface area contributed by atoms with Crippen LogP contribution in [0.15, 0.2) is 0 Å². The molecule has 0 saturated carbocycles. The van der Waals surface area contributed by atoms with Crippen molar-refractivity contribution in [3.05, 3.63) is 4.91 Å². The van der Waals surface area contributed by atoms with Crippen LogP contribution in [0.3, 0.4) is 0 Å². The molecule has 1 amide bonds. The molecule has 0 bridgehead atoms. The summed E-state index contributed by atoms with van der Waals surface area (Å²) in [6.07, 6.45) is 4.09. The van der Waals surface area contributed by atoms with E-state index in [4.69, 9.17) is 4.74 Å². The fourth-order valence-corrected chi connectivity index (χ4v) is 2.84. The fourth-order valence-electron chi connectivity index (χ4n) is 2.84. The number of morpholine rings is 1. The van der Waals surface area contributed by atoms with Gasteiger partial charge in [0.25, 0.3) is 0 Å². The van der Waals surface area contributed by atoms with Gasteiger partial charge in [-0.25, -0.2) is 0 Å². The maximum atomic E-state index is 11.8. The van der Waals surface area contributed by atoms with E-state index >= 15 is 0 Å². The van der Waals surface area contributed by atoms with Gasteiger partial charge in [0.15, 0.2) is 6.54 Å². The molecule has 0 aromatic heterocycles. The second-order valence-electron chi connectivity index (χ2n) is 5.40. The Labute approximate surface area is 108 Å². The van der Waals surface area contributed by atoms with Crippen molar-refractivity contribution in [3.8, 4) is 0 Å². The van der Waals surface area contributed by atoms with Crippen molar-refractivity contribution in [2.45, 2.75) is 38.6 Å². The van der Waals surface area contributed by atoms with Gasteiger partial charge in [0, 0.05) is 41.5 Å². The molecule has 5 heteroatoms. The lowest BCUT2D eigenvalue weighted by Gasteiger charge is -2.28. The van der Waals surface area contributed by atoms with E-state index in [1.807, 2.05) is 4.90 Å². The Bertz CT molecular complexity index is 319. The van der Waals surface area contributed by atoms with Gasteiger partial charge in [-0.1, -0.05) is 6.92 Å². The zero-order chi connectivity index (χ0) is 13.0. The Balaban J connectivity index is 1.78. The van der Waals surface area contributed by atoms with Gasteiger partial charge in [0.1, 0.15) is 6.61 Å². The van der Waals surface area contributed by atoms with E-state index in [9.17, 15) is 9.70 Å². The molecule has 0 radical (unpaired) electrons. The molecule has 2 atom stereocenters. The lowest BCUT2D eigenvalue weighted by molar-refractivity contribution is -0.603. The third kappa shape index (κ3) is 3.28. The summed E-state index contributed by atoms with van der Waals surface area (Å²) >= 11 is 0. The highest BCUT2D eigenvalue weighted by Gasteiger charge is 2.34. The SMILES string of the molecule is CC(CCN1CCOCC1=O)C1CCCC[N+]1=O. The first-order valence-electron chi connectivity index (χ1n) is 6.98. The summed E-state index contributed by atoms with van der Waals surface area (Å²) in [4.78, 5) is 25.2. The van der Waals surface area contributed by atoms with E-state index in [2.05, 4.69) is 6.92 Å². The molecule has 2 unspecified atom stereocenters. The minimum atomic E-state index is 0.0797. The van der Waals surface area contributed by atoms with Gasteiger partial charge in [0.05, 0.1) is 6.61 Å². The number of piperidine rings is 1. The van der Waals surface area contributed by atoms with Crippen LogP contribution in [-0.2, 0) is 9.53 Å². The summed E-state index contributed by atoms with van der Waals surface area (Å²) in [5.41, 5.74) is 0. The lowest BCUT2D eigenvalue weighted by Crippen LogP contribution is -2.43. The van der Waals surface area contributed by atoms with Crippen LogP contribution in [0.4, 0.5) is 0 Å². The average Bonchev–Trinajstić information content (AvgIpc) is 2.38. The minimum Gasteiger partial charge on any atom is -0.370 e. The fraction of sp³-hybridized carbons (Fsp3) is 0.923. The van der Waals surface area contributed by atoms with Gasteiger partial charge in [-0.05, 0) is 12.8 Å². The molecule has 2 heterocycles. The summed E-state index contributed by atoms with van der Waals surface area (Å²) in [5, 5.41) is 0. The number of nitrogens with zero attached hydrogens (tertiary/aromatic N) is 2. The van der Waals surface area contributed by atoms with Crippen LogP contribution >= 0.6 is 0 Å². The molecule has 2 aliphatic heterocycles. The van der Waals surface area contributed by atoms with Crippen LogP contribution in [0.25, 0.3) is 0 Å². The molecule has 0 N–H and O–H groups in total. The van der Waals surface area contributed by atoms with Gasteiger partial charge in [0.2, 0.25) is 11.9 Å². The molecule has 102 valence electrons. The second-order valence-corrected chi connectivity index (χ2v) is 5.40. The van der Waals surface area contributed by atoms with E-state index in [0.29, 0.717) is 25.6 Å². The van der Waals surface area contributed by atoms with E-state index in [1.54, 1.807) is 0 Å². The standard InChI is InChI=1S/C13H23N2O3/c1-11(12-4-2-3-6-15(12)17)5-7-14-8-9-18-10-13(14)16/h11-12H,2-10H2,1H3/q+1. The van der Waals surface area contributed by atoms with Gasteiger partial charge in [-0.15, -0.1) is 0 Å². The van der Waals surface area contributed by atoms with Crippen LogP contribution in [0, 0.1) is 10.8 Å². The zero-order valence-electron chi connectivity index (χ0n) is 11.1. The summed E-state index contributed by atoms with van der Waals surface area (Å²) in [6.45, 7) is 5.10. The number of hydrogen-bond acceptors (Lipinski definition) is 3. The number of nitroso groups, excluding NO2 is 1. The molecular weight excluding hydrogens is 232 g/mol. The van der Waals surface area contributed by atoms with E-state index in [1.165, 1.54) is 4.76 Å². The Morgan fingerprint density at radius 2 is 2.33 bits per heavy atom. The normalized spacial score (nSPS) is 27.4. The van der Waals surface area contributed by atoms with Crippen molar-refractivity contribution in [2.24, 2.45) is 5.92 Å². The Morgan fingerprint density at radius 3 is 3.06 bits per heavy atom. The Hall–Kier alpha value is -0.970. The van der Waals surface area contributed by atoms with Crippen molar-refractivity contribution in [1.82, 2.24) is 4.90 Å². The monoisotopic (exact) mass is 255 g/mol. The van der Waals surface area contributed by atoms with Crippen molar-refractivity contribution in [3.63, 3.8) is 0 Å². The Morgan fingerprint density at radius 1 is 1.50 bits per heavy atom. The number of amides is 1. The van der Waals surface area contributed by atoms with Crippen LogP contribution in [0.2, 0.25) is 0 Å². The number of carbonyl (C=O) groups excluding carboxylic acids is 1. The number of ether oxygens (including phenoxy) is 1. The number of rotatable bonds is 4. The van der Waals surface area contributed by atoms with Crippen molar-refractivity contribution < 1.29 is 14.3 Å². The smallest absolute Gasteiger partial charge is 0.248 e. The molecule has 2 aliphatic rings. The van der Waals surface area contributed by atoms with E-state index in [0.717, 1.165) is 32.2 Å². The largest absolute Gasteiger partial charge is 0.370 e. The quantitative estimate of drug-likeness (QED) is 0.709. The predicted molar refractivity (Wildman–Crippen MR) is 67.3 cm³/mol. The number of hydrogen-bond donors (Lipinski definition) is 0. The molecule has 2 rings (SSSR count). The maximum Gasteiger partial charge on any atom is 0.248 e. The van der Waals surface area contributed by atoms with Crippen molar-refractivity contribution >= 4 is 5.91 Å². The van der Waals surface area contributed by atoms with Gasteiger partial charge in [-0.2, -0.15) is 0 Å². The maximum absolute atomic E-state index is 11.8. The summed E-state index contributed by atoms with van der Waals surface area (Å²) in [5.74, 6) is 0.439. The molecular formula is C13H23N2O3+. The van der Waals surface area contributed by atoms with Gasteiger partial charge in [-0.3, -0.25) is 4.79 Å². The molecule has 0 aromatic rings. The average molecular weight is 255 g/mol. The molecule has 18 heavy (non-hydrogen) atoms. The summed E-state index contributed by atoms with van der Waals surface area (Å²) < 4.78 is 6.35. The molecule has 0 aliphatic carbocycles. The molecule has 2 saturated heterocycles. The highest BCUT2D eigenvalue weighted by molar-refractivity contribution is 5.77. The van der Waals surface area contributed by atoms with Crippen LogP contribution < -0.4 is 0 Å². The molecule has 0 spiro atoms. The first-order chi connectivity index (χ1) is 8.68. The van der Waals surface area contributed by atoms with Crippen LogP contribution in [-0.4, -0.2) is 54.5 Å². The molecule has 2 fully saturated rings. The third-order valence-corrected chi connectivity index (χ3v) is 4.09. The zero-order valence-corrected chi connectivity index (χ0v) is 11.1. The highest BCUT2D eigenvalue weighted by atomic mass is 16.5. The third-order valence-electron chi connectivity index (χ3n) is 4.09. The predicted octanol–water partition coefficient (Wildman–Crippen LogP) is 1.20. The molecule has 5 nitrogen and oxygen atoms in total. The first-order valence-corrected chi connectivity index (χ1v) is 6.98. The lowest BCUT2D eigenvalue weighted by atomic mass is 9.91. The van der Waals surface area contributed by atoms with Crippen molar-refractivity contribution in [1.29, 1.82) is 0 Å². The Kier molecular flexibility index (Phi) is 4.69.